The summed E-state index contributed by atoms with van der Waals surface area (Å²) in [7, 11) is 0. The Labute approximate surface area is 123 Å². The number of hydrogen-bond donors (Lipinski definition) is 1. The van der Waals surface area contributed by atoms with Crippen LogP contribution in [0.3, 0.4) is 0 Å². The highest BCUT2D eigenvalue weighted by Gasteiger charge is 2.16. The molecule has 0 fully saturated rings. The lowest BCUT2D eigenvalue weighted by Crippen LogP contribution is -2.07. The maximum absolute atomic E-state index is 10.7. The van der Waals surface area contributed by atoms with E-state index in [-0.39, 0.29) is 0 Å². The van der Waals surface area contributed by atoms with E-state index in [4.69, 9.17) is 0 Å². The SMILES string of the molecule is CCc1nnc(C)cc1C(O)c1ccc2ncccc2c1. The van der Waals surface area contributed by atoms with E-state index in [9.17, 15) is 5.11 Å². The van der Waals surface area contributed by atoms with Crippen molar-refractivity contribution in [3.05, 3.63) is 65.1 Å². The minimum atomic E-state index is -0.696. The number of nitrogens with zero attached hydrogens (tertiary/aromatic N) is 3. The minimum Gasteiger partial charge on any atom is -0.384 e. The Morgan fingerprint density at radius 1 is 1.14 bits per heavy atom. The molecule has 1 N–H and O–H groups in total. The molecule has 0 saturated heterocycles. The first-order valence-corrected chi connectivity index (χ1v) is 7.05. The molecule has 1 unspecified atom stereocenters. The Morgan fingerprint density at radius 2 is 2.00 bits per heavy atom. The molecule has 4 nitrogen and oxygen atoms in total. The van der Waals surface area contributed by atoms with E-state index in [0.717, 1.165) is 39.8 Å². The van der Waals surface area contributed by atoms with Crippen LogP contribution in [0, 0.1) is 6.92 Å². The van der Waals surface area contributed by atoms with Crippen LogP contribution in [-0.2, 0) is 6.42 Å². The molecular weight excluding hydrogens is 262 g/mol. The normalized spacial score (nSPS) is 12.5. The Morgan fingerprint density at radius 3 is 2.81 bits per heavy atom. The molecule has 3 aromatic rings. The zero-order valence-corrected chi connectivity index (χ0v) is 12.1. The molecule has 0 amide bonds. The topological polar surface area (TPSA) is 58.9 Å². The third-order valence-corrected chi connectivity index (χ3v) is 3.60. The summed E-state index contributed by atoms with van der Waals surface area (Å²) in [5.41, 5.74) is 4.24. The average Bonchev–Trinajstić information content (AvgIpc) is 2.53. The lowest BCUT2D eigenvalue weighted by atomic mass is 9.98. The summed E-state index contributed by atoms with van der Waals surface area (Å²) in [5.74, 6) is 0. The molecule has 0 aliphatic heterocycles. The number of aliphatic hydroxyl groups is 1. The van der Waals surface area contributed by atoms with Crippen LogP contribution in [0.5, 0.6) is 0 Å². The van der Waals surface area contributed by atoms with Gasteiger partial charge in [0.2, 0.25) is 0 Å². The second-order valence-corrected chi connectivity index (χ2v) is 5.10. The van der Waals surface area contributed by atoms with Gasteiger partial charge in [0.15, 0.2) is 0 Å². The van der Waals surface area contributed by atoms with E-state index < -0.39 is 6.10 Å². The maximum atomic E-state index is 10.7. The minimum absolute atomic E-state index is 0.696. The molecular formula is C17H17N3O. The van der Waals surface area contributed by atoms with E-state index in [1.165, 1.54) is 0 Å². The van der Waals surface area contributed by atoms with Gasteiger partial charge in [-0.25, -0.2) is 0 Å². The van der Waals surface area contributed by atoms with Gasteiger partial charge in [0.1, 0.15) is 6.10 Å². The van der Waals surface area contributed by atoms with E-state index in [2.05, 4.69) is 15.2 Å². The fraction of sp³-hybridized carbons (Fsp3) is 0.235. The van der Waals surface area contributed by atoms with E-state index in [1.807, 2.05) is 50.2 Å². The number of rotatable bonds is 3. The summed E-state index contributed by atoms with van der Waals surface area (Å²) in [6.07, 6.45) is 1.82. The van der Waals surface area contributed by atoms with Crippen LogP contribution < -0.4 is 0 Å². The highest BCUT2D eigenvalue weighted by molar-refractivity contribution is 5.79. The number of aliphatic hydroxyl groups excluding tert-OH is 1. The van der Waals surface area contributed by atoms with Crippen molar-refractivity contribution >= 4 is 10.9 Å². The van der Waals surface area contributed by atoms with Crippen LogP contribution in [-0.4, -0.2) is 20.3 Å². The van der Waals surface area contributed by atoms with Crippen LogP contribution in [0.1, 0.15) is 35.5 Å². The third kappa shape index (κ3) is 2.62. The third-order valence-electron chi connectivity index (χ3n) is 3.60. The largest absolute Gasteiger partial charge is 0.384 e. The Balaban J connectivity index is 2.07. The van der Waals surface area contributed by atoms with Crippen molar-refractivity contribution in [1.82, 2.24) is 15.2 Å². The number of fused-ring (bicyclic) bond motifs is 1. The van der Waals surface area contributed by atoms with Gasteiger partial charge in [-0.3, -0.25) is 4.98 Å². The number of aromatic nitrogens is 3. The molecule has 1 aromatic carbocycles. The molecule has 4 heteroatoms. The Kier molecular flexibility index (Phi) is 3.62. The van der Waals surface area contributed by atoms with Crippen LogP contribution in [0.25, 0.3) is 10.9 Å². The highest BCUT2D eigenvalue weighted by atomic mass is 16.3. The molecule has 1 atom stereocenters. The molecule has 0 spiro atoms. The molecule has 2 aromatic heterocycles. The number of benzene rings is 1. The lowest BCUT2D eigenvalue weighted by molar-refractivity contribution is 0.218. The lowest BCUT2D eigenvalue weighted by Gasteiger charge is -2.15. The van der Waals surface area contributed by atoms with Gasteiger partial charge in [0, 0.05) is 17.1 Å². The van der Waals surface area contributed by atoms with Gasteiger partial charge in [0.05, 0.1) is 16.9 Å². The average molecular weight is 279 g/mol. The summed E-state index contributed by atoms with van der Waals surface area (Å²) < 4.78 is 0. The fourth-order valence-electron chi connectivity index (χ4n) is 2.49. The zero-order chi connectivity index (χ0) is 14.8. The van der Waals surface area contributed by atoms with Gasteiger partial charge in [-0.2, -0.15) is 10.2 Å². The van der Waals surface area contributed by atoms with Crippen molar-refractivity contribution in [1.29, 1.82) is 0 Å². The summed E-state index contributed by atoms with van der Waals surface area (Å²) in [6.45, 7) is 3.90. The summed E-state index contributed by atoms with van der Waals surface area (Å²) in [6, 6.07) is 11.6. The number of aryl methyl sites for hydroxylation is 2. The number of hydrogen-bond acceptors (Lipinski definition) is 4. The van der Waals surface area contributed by atoms with Gasteiger partial charge in [0.25, 0.3) is 0 Å². The fourth-order valence-corrected chi connectivity index (χ4v) is 2.49. The van der Waals surface area contributed by atoms with Crippen molar-refractivity contribution in [3.8, 4) is 0 Å². The van der Waals surface area contributed by atoms with Crippen LogP contribution in [0.4, 0.5) is 0 Å². The van der Waals surface area contributed by atoms with Crippen molar-refractivity contribution in [3.63, 3.8) is 0 Å². The van der Waals surface area contributed by atoms with Gasteiger partial charge in [-0.15, -0.1) is 0 Å². The monoisotopic (exact) mass is 279 g/mol. The Bertz CT molecular complexity index is 786. The molecule has 0 aliphatic rings. The van der Waals surface area contributed by atoms with Gasteiger partial charge >= 0.3 is 0 Å². The summed E-state index contributed by atoms with van der Waals surface area (Å²) >= 11 is 0. The predicted molar refractivity (Wildman–Crippen MR) is 82.0 cm³/mol. The van der Waals surface area contributed by atoms with Gasteiger partial charge < -0.3 is 5.11 Å². The molecule has 3 rings (SSSR count). The maximum Gasteiger partial charge on any atom is 0.106 e. The first-order valence-electron chi connectivity index (χ1n) is 7.05. The summed E-state index contributed by atoms with van der Waals surface area (Å²) in [5, 5.41) is 20.0. The van der Waals surface area contributed by atoms with Crippen molar-refractivity contribution in [2.45, 2.75) is 26.4 Å². The van der Waals surface area contributed by atoms with Crippen LogP contribution >= 0.6 is 0 Å². The highest BCUT2D eigenvalue weighted by Crippen LogP contribution is 2.26. The van der Waals surface area contributed by atoms with Crippen molar-refractivity contribution in [2.75, 3.05) is 0 Å². The van der Waals surface area contributed by atoms with E-state index >= 15 is 0 Å². The first kappa shape index (κ1) is 13.6. The quantitative estimate of drug-likeness (QED) is 0.800. The molecule has 0 saturated carbocycles. The van der Waals surface area contributed by atoms with Gasteiger partial charge in [-0.05, 0) is 43.2 Å². The van der Waals surface area contributed by atoms with Gasteiger partial charge in [-0.1, -0.05) is 19.1 Å². The smallest absolute Gasteiger partial charge is 0.106 e. The molecule has 2 heterocycles. The van der Waals surface area contributed by atoms with Crippen molar-refractivity contribution in [2.24, 2.45) is 0 Å². The van der Waals surface area contributed by atoms with E-state index in [0.29, 0.717) is 0 Å². The molecule has 0 radical (unpaired) electrons. The van der Waals surface area contributed by atoms with Crippen LogP contribution in [0.15, 0.2) is 42.6 Å². The second kappa shape index (κ2) is 5.58. The first-order chi connectivity index (χ1) is 10.2. The molecule has 0 bridgehead atoms. The molecule has 106 valence electrons. The second-order valence-electron chi connectivity index (χ2n) is 5.10. The van der Waals surface area contributed by atoms with Crippen LogP contribution in [0.2, 0.25) is 0 Å². The predicted octanol–water partition coefficient (Wildman–Crippen LogP) is 2.98. The molecule has 21 heavy (non-hydrogen) atoms. The number of pyridine rings is 1. The molecule has 0 aliphatic carbocycles. The zero-order valence-electron chi connectivity index (χ0n) is 12.1. The Hall–Kier alpha value is -2.33. The summed E-state index contributed by atoms with van der Waals surface area (Å²) in [4.78, 5) is 4.30. The van der Waals surface area contributed by atoms with Crippen molar-refractivity contribution < 1.29 is 5.11 Å². The standard InChI is InChI=1S/C17H17N3O/c1-3-15-14(9-11(2)19-20-15)17(21)13-6-7-16-12(10-13)5-4-8-18-16/h4-10,17,21H,3H2,1-2H3. The van der Waals surface area contributed by atoms with E-state index in [1.54, 1.807) is 6.20 Å².